The fourth-order valence-electron chi connectivity index (χ4n) is 1.76. The quantitative estimate of drug-likeness (QED) is 0.567. The molecule has 0 aliphatic rings. The molecule has 0 bridgehead atoms. The van der Waals surface area contributed by atoms with Crippen LogP contribution in [0.25, 0.3) is 0 Å². The Balaban J connectivity index is 2.99. The molecule has 3 heteroatoms. The molecule has 1 rings (SSSR count). The number of carbonyl (C=O) groups excluding carboxylic acids is 1. The third-order valence-electron chi connectivity index (χ3n) is 2.73. The van der Waals surface area contributed by atoms with Gasteiger partial charge >= 0.3 is 5.97 Å². The van der Waals surface area contributed by atoms with Gasteiger partial charge in [0.2, 0.25) is 0 Å². The van der Waals surface area contributed by atoms with Gasteiger partial charge in [0.15, 0.2) is 0 Å². The minimum atomic E-state index is -0.517. The SMILES string of the molecule is [CH2]C(CF)c1cc(CCCC)cc(OC(C)=O)c1. The van der Waals surface area contributed by atoms with Crippen molar-refractivity contribution in [3.8, 4) is 5.75 Å². The molecule has 0 aliphatic heterocycles. The number of esters is 1. The molecule has 1 atom stereocenters. The summed E-state index contributed by atoms with van der Waals surface area (Å²) in [4.78, 5) is 11.0. The maximum atomic E-state index is 12.7. The summed E-state index contributed by atoms with van der Waals surface area (Å²) in [5.41, 5.74) is 1.84. The van der Waals surface area contributed by atoms with Gasteiger partial charge in [-0.1, -0.05) is 19.4 Å². The number of alkyl halides is 1. The standard InChI is InChI=1S/C15H20FO2/c1-4-5-6-13-7-14(11(2)10-16)9-15(8-13)18-12(3)17/h7-9,11H,2,4-6,10H2,1,3H3. The lowest BCUT2D eigenvalue weighted by molar-refractivity contribution is -0.131. The lowest BCUT2D eigenvalue weighted by Crippen LogP contribution is -2.04. The van der Waals surface area contributed by atoms with Gasteiger partial charge in [-0.25, -0.2) is 0 Å². The third-order valence-corrected chi connectivity index (χ3v) is 2.73. The van der Waals surface area contributed by atoms with Gasteiger partial charge in [0, 0.05) is 12.8 Å². The van der Waals surface area contributed by atoms with Crippen LogP contribution in [0, 0.1) is 6.92 Å². The molecule has 1 unspecified atom stereocenters. The largest absolute Gasteiger partial charge is 0.427 e. The molecule has 0 spiro atoms. The molecule has 1 aromatic carbocycles. The van der Waals surface area contributed by atoms with Crippen molar-refractivity contribution in [1.29, 1.82) is 0 Å². The zero-order valence-electron chi connectivity index (χ0n) is 11.0. The van der Waals surface area contributed by atoms with E-state index < -0.39 is 12.6 Å². The molecule has 0 heterocycles. The first-order valence-electron chi connectivity index (χ1n) is 6.28. The highest BCUT2D eigenvalue weighted by atomic mass is 19.1. The molecule has 1 radical (unpaired) electrons. The van der Waals surface area contributed by atoms with Gasteiger partial charge in [0.1, 0.15) is 5.75 Å². The van der Waals surface area contributed by atoms with E-state index in [1.807, 2.05) is 12.1 Å². The van der Waals surface area contributed by atoms with Gasteiger partial charge in [-0.2, -0.15) is 0 Å². The van der Waals surface area contributed by atoms with Crippen molar-refractivity contribution in [1.82, 2.24) is 0 Å². The summed E-state index contributed by atoms with van der Waals surface area (Å²) >= 11 is 0. The van der Waals surface area contributed by atoms with Crippen molar-refractivity contribution in [3.05, 3.63) is 36.2 Å². The minimum Gasteiger partial charge on any atom is -0.427 e. The normalized spacial score (nSPS) is 12.2. The van der Waals surface area contributed by atoms with Crippen LogP contribution in [0.1, 0.15) is 43.7 Å². The lowest BCUT2D eigenvalue weighted by Gasteiger charge is -2.12. The Morgan fingerprint density at radius 1 is 1.44 bits per heavy atom. The summed E-state index contributed by atoms with van der Waals surface area (Å²) < 4.78 is 17.8. The summed E-state index contributed by atoms with van der Waals surface area (Å²) in [5.74, 6) is -0.302. The molecule has 99 valence electrons. The zero-order valence-corrected chi connectivity index (χ0v) is 11.0. The van der Waals surface area contributed by atoms with Crippen LogP contribution < -0.4 is 4.74 Å². The van der Waals surface area contributed by atoms with Crippen LogP contribution in [-0.2, 0) is 11.2 Å². The lowest BCUT2D eigenvalue weighted by atomic mass is 9.97. The van der Waals surface area contributed by atoms with Crippen LogP contribution >= 0.6 is 0 Å². The van der Waals surface area contributed by atoms with E-state index >= 15 is 0 Å². The molecular formula is C15H20FO2. The highest BCUT2D eigenvalue weighted by Crippen LogP contribution is 2.24. The molecule has 0 fully saturated rings. The highest BCUT2D eigenvalue weighted by Gasteiger charge is 2.10. The van der Waals surface area contributed by atoms with E-state index in [1.54, 1.807) is 6.07 Å². The Morgan fingerprint density at radius 2 is 2.17 bits per heavy atom. The molecule has 2 nitrogen and oxygen atoms in total. The smallest absolute Gasteiger partial charge is 0.308 e. The second-order valence-electron chi connectivity index (χ2n) is 4.46. The van der Waals surface area contributed by atoms with Crippen LogP contribution in [0.4, 0.5) is 4.39 Å². The van der Waals surface area contributed by atoms with E-state index in [0.717, 1.165) is 30.4 Å². The zero-order chi connectivity index (χ0) is 13.5. The van der Waals surface area contributed by atoms with E-state index in [-0.39, 0.29) is 5.97 Å². The third kappa shape index (κ3) is 4.47. The summed E-state index contributed by atoms with van der Waals surface area (Å²) in [6.07, 6.45) is 3.04. The van der Waals surface area contributed by atoms with Crippen LogP contribution in [0.2, 0.25) is 0 Å². The second-order valence-corrected chi connectivity index (χ2v) is 4.46. The van der Waals surface area contributed by atoms with E-state index in [0.29, 0.717) is 5.75 Å². The number of hydrogen-bond donors (Lipinski definition) is 0. The van der Waals surface area contributed by atoms with Crippen molar-refractivity contribution in [2.45, 2.75) is 39.0 Å². The molecule has 0 aliphatic carbocycles. The average Bonchev–Trinajstić information content (AvgIpc) is 2.34. The van der Waals surface area contributed by atoms with Crippen molar-refractivity contribution in [2.75, 3.05) is 6.67 Å². The van der Waals surface area contributed by atoms with Crippen molar-refractivity contribution in [3.63, 3.8) is 0 Å². The van der Waals surface area contributed by atoms with Gasteiger partial charge in [-0.15, -0.1) is 0 Å². The van der Waals surface area contributed by atoms with Gasteiger partial charge in [-0.05, 0) is 43.0 Å². The summed E-state index contributed by atoms with van der Waals surface area (Å²) in [6, 6.07) is 5.47. The van der Waals surface area contributed by atoms with Crippen LogP contribution in [-0.4, -0.2) is 12.6 Å². The van der Waals surface area contributed by atoms with Gasteiger partial charge in [0.25, 0.3) is 0 Å². The molecule has 0 aromatic heterocycles. The molecule has 18 heavy (non-hydrogen) atoms. The first-order chi connectivity index (χ1) is 8.56. The van der Waals surface area contributed by atoms with E-state index in [2.05, 4.69) is 13.8 Å². The molecule has 0 N–H and O–H groups in total. The van der Waals surface area contributed by atoms with Crippen molar-refractivity contribution >= 4 is 5.97 Å². The maximum absolute atomic E-state index is 12.7. The Kier molecular flexibility index (Phi) is 5.83. The predicted octanol–water partition coefficient (Wildman–Crippen LogP) is 3.84. The average molecular weight is 251 g/mol. The fraction of sp³-hybridized carbons (Fsp3) is 0.467. The number of aryl methyl sites for hydroxylation is 1. The molecular weight excluding hydrogens is 231 g/mol. The number of benzene rings is 1. The van der Waals surface area contributed by atoms with Crippen LogP contribution in [0.15, 0.2) is 18.2 Å². The molecule has 0 amide bonds. The fourth-order valence-corrected chi connectivity index (χ4v) is 1.76. The van der Waals surface area contributed by atoms with E-state index in [4.69, 9.17) is 4.74 Å². The molecule has 0 saturated heterocycles. The van der Waals surface area contributed by atoms with Crippen molar-refractivity contribution in [2.24, 2.45) is 0 Å². The Bertz CT molecular complexity index is 401. The van der Waals surface area contributed by atoms with E-state index in [9.17, 15) is 9.18 Å². The number of ether oxygens (including phenoxy) is 1. The summed E-state index contributed by atoms with van der Waals surface area (Å²) in [5, 5.41) is 0. The summed E-state index contributed by atoms with van der Waals surface area (Å²) in [7, 11) is 0. The number of halogens is 1. The first kappa shape index (κ1) is 14.7. The van der Waals surface area contributed by atoms with Gasteiger partial charge in [0.05, 0.1) is 6.67 Å². The van der Waals surface area contributed by atoms with E-state index in [1.165, 1.54) is 6.92 Å². The van der Waals surface area contributed by atoms with Gasteiger partial charge in [-0.3, -0.25) is 9.18 Å². The predicted molar refractivity (Wildman–Crippen MR) is 70.4 cm³/mol. The topological polar surface area (TPSA) is 26.3 Å². The highest BCUT2D eigenvalue weighted by molar-refractivity contribution is 5.69. The molecule has 1 aromatic rings. The Labute approximate surface area is 108 Å². The van der Waals surface area contributed by atoms with Gasteiger partial charge < -0.3 is 4.74 Å². The van der Waals surface area contributed by atoms with Crippen LogP contribution in [0.5, 0.6) is 5.75 Å². The Morgan fingerprint density at radius 3 is 2.72 bits per heavy atom. The Hall–Kier alpha value is -1.38. The minimum absolute atomic E-state index is 0.366. The second kappa shape index (κ2) is 7.14. The maximum Gasteiger partial charge on any atom is 0.308 e. The molecule has 0 saturated carbocycles. The van der Waals surface area contributed by atoms with Crippen LogP contribution in [0.3, 0.4) is 0 Å². The number of rotatable bonds is 6. The number of hydrogen-bond acceptors (Lipinski definition) is 2. The monoisotopic (exact) mass is 251 g/mol. The summed E-state index contributed by atoms with van der Waals surface area (Å²) in [6.45, 7) is 6.71. The number of unbranched alkanes of at least 4 members (excludes halogenated alkanes) is 1. The van der Waals surface area contributed by atoms with Crippen molar-refractivity contribution < 1.29 is 13.9 Å². The number of carbonyl (C=O) groups is 1. The first-order valence-corrected chi connectivity index (χ1v) is 6.28.